The number of nitrogens with one attached hydrogen (secondary N) is 1. The van der Waals surface area contributed by atoms with Gasteiger partial charge in [-0.2, -0.15) is 5.26 Å². The predicted molar refractivity (Wildman–Crippen MR) is 183 cm³/mol. The highest BCUT2D eigenvalue weighted by molar-refractivity contribution is 7.92. The zero-order valence-electron chi connectivity index (χ0n) is 25.3. The van der Waals surface area contributed by atoms with Crippen LogP contribution < -0.4 is 4.72 Å². The third-order valence-electron chi connectivity index (χ3n) is 8.55. The summed E-state index contributed by atoms with van der Waals surface area (Å²) in [7, 11) is -1.57. The van der Waals surface area contributed by atoms with Crippen molar-refractivity contribution < 1.29 is 13.2 Å². The van der Waals surface area contributed by atoms with E-state index in [2.05, 4.69) is 15.7 Å². The highest BCUT2D eigenvalue weighted by Gasteiger charge is 2.26. The number of anilines is 1. The first-order valence-electron chi connectivity index (χ1n) is 14.9. The lowest BCUT2D eigenvalue weighted by Crippen LogP contribution is -2.36. The van der Waals surface area contributed by atoms with Crippen molar-refractivity contribution in [3.8, 4) is 6.07 Å². The van der Waals surface area contributed by atoms with E-state index in [1.807, 2.05) is 60.7 Å². The molecule has 0 radical (unpaired) electrons. The normalized spacial score (nSPS) is 15.0. The van der Waals surface area contributed by atoms with Gasteiger partial charge in [0, 0.05) is 25.1 Å². The number of piperidine rings is 1. The summed E-state index contributed by atoms with van der Waals surface area (Å²) < 4.78 is 26.5. The molecular weight excluding hydrogens is 627 g/mol. The molecule has 0 aromatic heterocycles. The number of carbonyl (C=O) groups is 1. The molecule has 1 saturated heterocycles. The van der Waals surface area contributed by atoms with E-state index in [1.54, 1.807) is 30.1 Å². The SMILES string of the molecule is CN(C[C@@H](CCN1CCC(c2ccccc2NS(C)(=O)=O)CC1)c1ccc(Cl)c(Cl)c1)C(=O)c1cc(C#N)cc2ccccc12. The van der Waals surface area contributed by atoms with Gasteiger partial charge in [-0.05, 0) is 97.0 Å². The summed E-state index contributed by atoms with van der Waals surface area (Å²) in [4.78, 5) is 18.0. The maximum absolute atomic E-state index is 13.8. The molecule has 5 rings (SSSR count). The summed E-state index contributed by atoms with van der Waals surface area (Å²) >= 11 is 12.7. The zero-order valence-corrected chi connectivity index (χ0v) is 27.7. The topological polar surface area (TPSA) is 93.5 Å². The van der Waals surface area contributed by atoms with Gasteiger partial charge in [-0.1, -0.05) is 71.7 Å². The number of hydrogen-bond donors (Lipinski definition) is 1. The molecule has 4 aromatic rings. The van der Waals surface area contributed by atoms with Crippen molar-refractivity contribution in [1.82, 2.24) is 9.80 Å². The summed E-state index contributed by atoms with van der Waals surface area (Å²) in [6.45, 7) is 3.06. The van der Waals surface area contributed by atoms with E-state index in [1.165, 1.54) is 6.26 Å². The molecule has 234 valence electrons. The highest BCUT2D eigenvalue weighted by Crippen LogP contribution is 2.35. The molecule has 1 N–H and O–H groups in total. The van der Waals surface area contributed by atoms with E-state index >= 15 is 0 Å². The fourth-order valence-corrected chi connectivity index (χ4v) is 7.14. The summed E-state index contributed by atoms with van der Waals surface area (Å²) in [5.74, 6) is 0.118. The van der Waals surface area contributed by atoms with E-state index in [4.69, 9.17) is 23.2 Å². The second-order valence-corrected chi connectivity index (χ2v) is 14.3. The third kappa shape index (κ3) is 8.16. The molecular formula is C35H36Cl2N4O3S. The fourth-order valence-electron chi connectivity index (χ4n) is 6.25. The molecule has 0 saturated carbocycles. The second kappa shape index (κ2) is 14.2. The first-order valence-corrected chi connectivity index (χ1v) is 17.6. The molecule has 1 fully saturated rings. The summed E-state index contributed by atoms with van der Waals surface area (Å²) in [5.41, 5.74) is 3.65. The quantitative estimate of drug-likeness (QED) is 0.190. The van der Waals surface area contributed by atoms with Crippen molar-refractivity contribution in [2.24, 2.45) is 0 Å². The fraction of sp³-hybridized carbons (Fsp3) is 0.314. The average molecular weight is 664 g/mol. The van der Waals surface area contributed by atoms with Crippen LogP contribution in [0, 0.1) is 11.3 Å². The number of amides is 1. The van der Waals surface area contributed by atoms with Gasteiger partial charge in [-0.3, -0.25) is 9.52 Å². The Balaban J connectivity index is 1.30. The monoisotopic (exact) mass is 662 g/mol. The standard InChI is InChI=1S/C35H36Cl2N4O3S/c1-40(35(42)31-20-24(22-38)19-27-7-3-4-8-29(27)31)23-28(26-11-12-32(36)33(37)21-26)15-18-41-16-13-25(14-17-41)30-9-5-6-10-34(30)39-45(2,43)44/h3-12,19-21,25,28,39H,13-18,23H2,1-2H3/t28-/m1/s1. The Labute approximate surface area is 275 Å². The van der Waals surface area contributed by atoms with Crippen molar-refractivity contribution in [1.29, 1.82) is 5.26 Å². The number of rotatable bonds is 10. The molecule has 0 bridgehead atoms. The number of likely N-dealkylation sites (tertiary alicyclic amines) is 1. The lowest BCUT2D eigenvalue weighted by atomic mass is 9.88. The molecule has 1 atom stereocenters. The molecule has 7 nitrogen and oxygen atoms in total. The number of likely N-dealkylation sites (N-methyl/N-ethyl adjacent to an activating group) is 1. The number of fused-ring (bicyclic) bond motifs is 1. The molecule has 0 spiro atoms. The highest BCUT2D eigenvalue weighted by atomic mass is 35.5. The van der Waals surface area contributed by atoms with Gasteiger partial charge < -0.3 is 9.80 Å². The third-order valence-corrected chi connectivity index (χ3v) is 9.88. The smallest absolute Gasteiger partial charge is 0.254 e. The van der Waals surface area contributed by atoms with Crippen LogP contribution in [0.3, 0.4) is 0 Å². The number of benzene rings is 4. The summed E-state index contributed by atoms with van der Waals surface area (Å²) in [5, 5.41) is 12.2. The van der Waals surface area contributed by atoms with Crippen molar-refractivity contribution in [2.75, 3.05) is 44.2 Å². The molecule has 4 aromatic carbocycles. The van der Waals surface area contributed by atoms with Crippen molar-refractivity contribution in [2.45, 2.75) is 31.1 Å². The molecule has 0 aliphatic carbocycles. The number of halogens is 2. The minimum Gasteiger partial charge on any atom is -0.341 e. The molecule has 10 heteroatoms. The number of carbonyl (C=O) groups excluding carboxylic acids is 1. The minimum atomic E-state index is -3.37. The van der Waals surface area contributed by atoms with Gasteiger partial charge in [0.1, 0.15) is 0 Å². The second-order valence-electron chi connectivity index (χ2n) is 11.8. The van der Waals surface area contributed by atoms with E-state index in [9.17, 15) is 18.5 Å². The average Bonchev–Trinajstić information content (AvgIpc) is 3.03. The largest absolute Gasteiger partial charge is 0.341 e. The van der Waals surface area contributed by atoms with Crippen LogP contribution in [-0.4, -0.2) is 63.6 Å². The van der Waals surface area contributed by atoms with Gasteiger partial charge in [0.2, 0.25) is 10.0 Å². The first-order chi connectivity index (χ1) is 21.5. The summed E-state index contributed by atoms with van der Waals surface area (Å²) in [6, 6.07) is 26.6. The van der Waals surface area contributed by atoms with Crippen molar-refractivity contribution in [3.63, 3.8) is 0 Å². The van der Waals surface area contributed by atoms with Crippen LogP contribution in [-0.2, 0) is 10.0 Å². The lowest BCUT2D eigenvalue weighted by Gasteiger charge is -2.34. The predicted octanol–water partition coefficient (Wildman–Crippen LogP) is 7.52. The van der Waals surface area contributed by atoms with Crippen molar-refractivity contribution in [3.05, 3.63) is 111 Å². The zero-order chi connectivity index (χ0) is 32.1. The summed E-state index contributed by atoms with van der Waals surface area (Å²) in [6.07, 6.45) is 3.81. The number of hydrogen-bond acceptors (Lipinski definition) is 5. The lowest BCUT2D eigenvalue weighted by molar-refractivity contribution is 0.0783. The van der Waals surface area contributed by atoms with E-state index < -0.39 is 10.0 Å². The molecule has 1 aliphatic rings. The van der Waals surface area contributed by atoms with Crippen LogP contribution in [0.5, 0.6) is 0 Å². The van der Waals surface area contributed by atoms with Crippen LogP contribution in [0.4, 0.5) is 5.69 Å². The molecule has 0 unspecified atom stereocenters. The maximum atomic E-state index is 13.8. The van der Waals surface area contributed by atoms with Gasteiger partial charge >= 0.3 is 0 Å². The Bertz CT molecular complexity index is 1850. The maximum Gasteiger partial charge on any atom is 0.254 e. The minimum absolute atomic E-state index is 0.00320. The molecule has 1 amide bonds. The number of nitriles is 1. The van der Waals surface area contributed by atoms with E-state index in [0.29, 0.717) is 33.4 Å². The van der Waals surface area contributed by atoms with Crippen LogP contribution in [0.15, 0.2) is 78.9 Å². The van der Waals surface area contributed by atoms with Crippen LogP contribution in [0.1, 0.15) is 58.1 Å². The Hall–Kier alpha value is -3.61. The van der Waals surface area contributed by atoms with Crippen molar-refractivity contribution >= 4 is 55.6 Å². The molecule has 1 aliphatic heterocycles. The van der Waals surface area contributed by atoms with Crippen LogP contribution in [0.2, 0.25) is 10.0 Å². The Morgan fingerprint density at radius 1 is 1.02 bits per heavy atom. The van der Waals surface area contributed by atoms with Gasteiger partial charge in [0.25, 0.3) is 5.91 Å². The van der Waals surface area contributed by atoms with E-state index in [-0.39, 0.29) is 17.7 Å². The molecule has 1 heterocycles. The number of para-hydroxylation sites is 1. The van der Waals surface area contributed by atoms with E-state index in [0.717, 1.165) is 60.8 Å². The van der Waals surface area contributed by atoms with Crippen LogP contribution in [0.25, 0.3) is 10.8 Å². The van der Waals surface area contributed by atoms with Gasteiger partial charge in [-0.15, -0.1) is 0 Å². The number of nitrogens with zero attached hydrogens (tertiary/aromatic N) is 3. The Morgan fingerprint density at radius 3 is 2.44 bits per heavy atom. The molecule has 45 heavy (non-hydrogen) atoms. The number of sulfonamides is 1. The van der Waals surface area contributed by atoms with Gasteiger partial charge in [0.15, 0.2) is 0 Å². The van der Waals surface area contributed by atoms with Gasteiger partial charge in [0.05, 0.1) is 33.6 Å². The first kappa shape index (κ1) is 32.8. The Kier molecular flexibility index (Phi) is 10.4. The van der Waals surface area contributed by atoms with Crippen LogP contribution >= 0.6 is 23.2 Å². The van der Waals surface area contributed by atoms with Gasteiger partial charge in [-0.25, -0.2) is 8.42 Å². The Morgan fingerprint density at radius 2 is 1.73 bits per heavy atom.